The van der Waals surface area contributed by atoms with Crippen LogP contribution >= 0.6 is 11.6 Å². The van der Waals surface area contributed by atoms with Gasteiger partial charge in [-0.3, -0.25) is 4.79 Å². The lowest BCUT2D eigenvalue weighted by molar-refractivity contribution is -0.124. The maximum Gasteiger partial charge on any atom is 0.258 e. The predicted molar refractivity (Wildman–Crippen MR) is 98.3 cm³/mol. The lowest BCUT2D eigenvalue weighted by atomic mass is 9.89. The average Bonchev–Trinajstić information content (AvgIpc) is 2.51. The standard InChI is InChI=1S/C20H22ClNO3/c1-13-7-8-16-17(11-20(2,3)25-18(16)9-13)22-19(23)12-24-15-6-4-5-14(21)10-15/h4-10,17H,11-12H2,1-3H3,(H,22,23). The molecule has 0 aromatic heterocycles. The normalized spacial score (nSPS) is 18.0. The van der Waals surface area contributed by atoms with Gasteiger partial charge in [0.1, 0.15) is 17.1 Å². The number of hydrogen-bond donors (Lipinski definition) is 1. The van der Waals surface area contributed by atoms with Gasteiger partial charge in [0.15, 0.2) is 6.61 Å². The molecule has 1 heterocycles. The Morgan fingerprint density at radius 2 is 2.12 bits per heavy atom. The summed E-state index contributed by atoms with van der Waals surface area (Å²) in [6.07, 6.45) is 0.700. The maximum absolute atomic E-state index is 12.3. The summed E-state index contributed by atoms with van der Waals surface area (Å²) in [5.74, 6) is 1.23. The summed E-state index contributed by atoms with van der Waals surface area (Å²) in [5, 5.41) is 3.64. The van der Waals surface area contributed by atoms with Gasteiger partial charge in [0.25, 0.3) is 5.91 Å². The molecule has 1 amide bonds. The molecule has 2 aromatic rings. The molecule has 0 spiro atoms. The summed E-state index contributed by atoms with van der Waals surface area (Å²) in [6.45, 7) is 6.02. The van der Waals surface area contributed by atoms with Crippen LogP contribution in [0.5, 0.6) is 11.5 Å². The molecule has 2 aromatic carbocycles. The number of aryl methyl sites for hydroxylation is 1. The zero-order valence-corrected chi connectivity index (χ0v) is 15.4. The third-order valence-corrected chi connectivity index (χ3v) is 4.36. The van der Waals surface area contributed by atoms with Crippen molar-refractivity contribution in [1.29, 1.82) is 0 Å². The third-order valence-electron chi connectivity index (χ3n) is 4.13. The summed E-state index contributed by atoms with van der Waals surface area (Å²) in [5.41, 5.74) is 1.79. The summed E-state index contributed by atoms with van der Waals surface area (Å²) in [7, 11) is 0. The smallest absolute Gasteiger partial charge is 0.258 e. The van der Waals surface area contributed by atoms with Crippen molar-refractivity contribution in [2.75, 3.05) is 6.61 Å². The van der Waals surface area contributed by atoms with Crippen molar-refractivity contribution in [2.24, 2.45) is 0 Å². The number of ether oxygens (including phenoxy) is 2. The second-order valence-electron chi connectivity index (χ2n) is 6.97. The van der Waals surface area contributed by atoms with Gasteiger partial charge in [0.2, 0.25) is 0 Å². The first-order chi connectivity index (χ1) is 11.8. The van der Waals surface area contributed by atoms with Gasteiger partial charge in [-0.1, -0.05) is 29.8 Å². The number of halogens is 1. The zero-order valence-electron chi connectivity index (χ0n) is 14.6. The number of amides is 1. The van der Waals surface area contributed by atoms with Crippen LogP contribution in [-0.4, -0.2) is 18.1 Å². The number of fused-ring (bicyclic) bond motifs is 1. The number of carbonyl (C=O) groups excluding carboxylic acids is 1. The lowest BCUT2D eigenvalue weighted by Crippen LogP contribution is -2.42. The van der Waals surface area contributed by atoms with E-state index in [2.05, 4.69) is 5.32 Å². The number of rotatable bonds is 4. The Bertz CT molecular complexity index is 788. The molecular weight excluding hydrogens is 338 g/mol. The van der Waals surface area contributed by atoms with Crippen LogP contribution in [0.15, 0.2) is 42.5 Å². The third kappa shape index (κ3) is 4.45. The van der Waals surface area contributed by atoms with Crippen LogP contribution in [0.4, 0.5) is 0 Å². The van der Waals surface area contributed by atoms with Crippen molar-refractivity contribution >= 4 is 17.5 Å². The summed E-state index contributed by atoms with van der Waals surface area (Å²) in [4.78, 5) is 12.3. The van der Waals surface area contributed by atoms with E-state index in [1.807, 2.05) is 39.0 Å². The van der Waals surface area contributed by atoms with Gasteiger partial charge in [-0.15, -0.1) is 0 Å². The Balaban J connectivity index is 1.68. The van der Waals surface area contributed by atoms with Crippen LogP contribution in [-0.2, 0) is 4.79 Å². The van der Waals surface area contributed by atoms with Gasteiger partial charge in [-0.2, -0.15) is 0 Å². The quantitative estimate of drug-likeness (QED) is 0.877. The molecule has 1 atom stereocenters. The summed E-state index contributed by atoms with van der Waals surface area (Å²) in [6, 6.07) is 13.0. The van der Waals surface area contributed by atoms with E-state index in [9.17, 15) is 4.79 Å². The highest BCUT2D eigenvalue weighted by molar-refractivity contribution is 6.30. The minimum atomic E-state index is -0.341. The number of nitrogens with one attached hydrogen (secondary N) is 1. The van der Waals surface area contributed by atoms with Gasteiger partial charge < -0.3 is 14.8 Å². The monoisotopic (exact) mass is 359 g/mol. The number of carbonyl (C=O) groups is 1. The molecule has 5 heteroatoms. The minimum absolute atomic E-state index is 0.0562. The molecule has 1 aliphatic heterocycles. The zero-order chi connectivity index (χ0) is 18.0. The molecule has 3 rings (SSSR count). The first-order valence-electron chi connectivity index (χ1n) is 8.30. The second kappa shape index (κ2) is 6.96. The molecular formula is C20H22ClNO3. The molecule has 0 aliphatic carbocycles. The van der Waals surface area contributed by atoms with Crippen LogP contribution in [0, 0.1) is 6.92 Å². The second-order valence-corrected chi connectivity index (χ2v) is 7.41. The van der Waals surface area contributed by atoms with E-state index in [4.69, 9.17) is 21.1 Å². The summed E-state index contributed by atoms with van der Waals surface area (Å²) < 4.78 is 11.6. The van der Waals surface area contributed by atoms with Crippen LogP contribution in [0.25, 0.3) is 0 Å². The fourth-order valence-electron chi connectivity index (χ4n) is 3.03. The molecule has 0 saturated carbocycles. The van der Waals surface area contributed by atoms with E-state index in [0.29, 0.717) is 17.2 Å². The van der Waals surface area contributed by atoms with Gasteiger partial charge in [0.05, 0.1) is 6.04 Å². The van der Waals surface area contributed by atoms with Crippen LogP contribution in [0.1, 0.15) is 37.4 Å². The Morgan fingerprint density at radius 3 is 2.88 bits per heavy atom. The van der Waals surface area contributed by atoms with E-state index in [1.165, 1.54) is 0 Å². The molecule has 1 N–H and O–H groups in total. The van der Waals surface area contributed by atoms with Crippen molar-refractivity contribution in [3.05, 3.63) is 58.6 Å². The fourth-order valence-corrected chi connectivity index (χ4v) is 3.21. The van der Waals surface area contributed by atoms with Crippen LogP contribution in [0.2, 0.25) is 5.02 Å². The van der Waals surface area contributed by atoms with Crippen molar-refractivity contribution in [3.63, 3.8) is 0 Å². The highest BCUT2D eigenvalue weighted by Crippen LogP contribution is 2.39. The molecule has 1 unspecified atom stereocenters. The maximum atomic E-state index is 12.3. The molecule has 0 bridgehead atoms. The Hall–Kier alpha value is -2.20. The van der Waals surface area contributed by atoms with Gasteiger partial charge in [-0.25, -0.2) is 0 Å². The summed E-state index contributed by atoms with van der Waals surface area (Å²) >= 11 is 5.92. The molecule has 4 nitrogen and oxygen atoms in total. The van der Waals surface area contributed by atoms with Crippen LogP contribution in [0.3, 0.4) is 0 Å². The highest BCUT2D eigenvalue weighted by Gasteiger charge is 2.34. The highest BCUT2D eigenvalue weighted by atomic mass is 35.5. The molecule has 0 saturated heterocycles. The van der Waals surface area contributed by atoms with Crippen molar-refractivity contribution < 1.29 is 14.3 Å². The average molecular weight is 360 g/mol. The van der Waals surface area contributed by atoms with E-state index in [-0.39, 0.29) is 24.2 Å². The van der Waals surface area contributed by atoms with E-state index >= 15 is 0 Å². The first kappa shape index (κ1) is 17.6. The first-order valence-corrected chi connectivity index (χ1v) is 8.67. The van der Waals surface area contributed by atoms with Crippen molar-refractivity contribution in [3.8, 4) is 11.5 Å². The number of benzene rings is 2. The fraction of sp³-hybridized carbons (Fsp3) is 0.350. The Labute approximate surface area is 153 Å². The van der Waals surface area contributed by atoms with E-state index in [0.717, 1.165) is 16.9 Å². The lowest BCUT2D eigenvalue weighted by Gasteiger charge is -2.38. The van der Waals surface area contributed by atoms with Gasteiger partial charge in [-0.05, 0) is 50.6 Å². The van der Waals surface area contributed by atoms with Crippen molar-refractivity contribution in [1.82, 2.24) is 5.32 Å². The SMILES string of the molecule is Cc1ccc2c(c1)OC(C)(C)CC2NC(=O)COc1cccc(Cl)c1. The Kier molecular flexibility index (Phi) is 4.91. The van der Waals surface area contributed by atoms with Gasteiger partial charge in [0, 0.05) is 17.0 Å². The molecule has 0 radical (unpaired) electrons. The molecule has 25 heavy (non-hydrogen) atoms. The largest absolute Gasteiger partial charge is 0.487 e. The van der Waals surface area contributed by atoms with Crippen molar-refractivity contribution in [2.45, 2.75) is 38.8 Å². The molecule has 132 valence electrons. The number of hydrogen-bond acceptors (Lipinski definition) is 3. The van der Waals surface area contributed by atoms with Crippen LogP contribution < -0.4 is 14.8 Å². The molecule has 0 fully saturated rings. The predicted octanol–water partition coefficient (Wildman–Crippen LogP) is 4.45. The topological polar surface area (TPSA) is 47.6 Å². The molecule has 1 aliphatic rings. The van der Waals surface area contributed by atoms with Gasteiger partial charge >= 0.3 is 0 Å². The van der Waals surface area contributed by atoms with E-state index in [1.54, 1.807) is 24.3 Å². The minimum Gasteiger partial charge on any atom is -0.487 e. The van der Waals surface area contributed by atoms with E-state index < -0.39 is 0 Å². The Morgan fingerprint density at radius 1 is 1.32 bits per heavy atom.